The first-order valence-corrected chi connectivity index (χ1v) is 7.93. The molecular formula is C17H25NO5. The molecule has 0 aromatic heterocycles. The van der Waals surface area contributed by atoms with Gasteiger partial charge in [0.15, 0.2) is 17.6 Å². The summed E-state index contributed by atoms with van der Waals surface area (Å²) in [5, 5.41) is 10.2. The molecule has 1 atom stereocenters. The summed E-state index contributed by atoms with van der Waals surface area (Å²) < 4.78 is 16.3. The molecule has 0 amide bonds. The predicted molar refractivity (Wildman–Crippen MR) is 85.7 cm³/mol. The number of aliphatic hydroxyl groups is 1. The number of para-hydroxylation sites is 1. The lowest BCUT2D eigenvalue weighted by molar-refractivity contribution is -0.153. The first kappa shape index (κ1) is 17.6. The summed E-state index contributed by atoms with van der Waals surface area (Å²) >= 11 is 0. The van der Waals surface area contributed by atoms with Crippen LogP contribution in [0.4, 0.5) is 0 Å². The van der Waals surface area contributed by atoms with Gasteiger partial charge in [0.1, 0.15) is 6.10 Å². The maximum absolute atomic E-state index is 11.8. The first-order valence-electron chi connectivity index (χ1n) is 7.93. The number of benzene rings is 1. The Balaban J connectivity index is 2.17. The highest BCUT2D eigenvalue weighted by molar-refractivity contribution is 5.77. The van der Waals surface area contributed by atoms with Crippen LogP contribution in [0.25, 0.3) is 0 Å². The summed E-state index contributed by atoms with van der Waals surface area (Å²) in [6.07, 6.45) is 0.593. The van der Waals surface area contributed by atoms with Crippen LogP contribution in [0, 0.1) is 0 Å². The Labute approximate surface area is 136 Å². The fraction of sp³-hybridized carbons (Fsp3) is 0.588. The lowest BCUT2D eigenvalue weighted by Gasteiger charge is -2.30. The number of ether oxygens (including phenoxy) is 3. The van der Waals surface area contributed by atoms with Gasteiger partial charge in [0.25, 0.3) is 0 Å². The molecule has 0 aliphatic carbocycles. The van der Waals surface area contributed by atoms with Gasteiger partial charge in [0.2, 0.25) is 0 Å². The molecule has 0 saturated carbocycles. The van der Waals surface area contributed by atoms with Crippen molar-refractivity contribution in [2.45, 2.75) is 32.0 Å². The number of methoxy groups -OCH3 is 1. The van der Waals surface area contributed by atoms with E-state index in [1.165, 1.54) is 7.11 Å². The van der Waals surface area contributed by atoms with Crippen LogP contribution in [-0.4, -0.2) is 55.9 Å². The molecule has 0 radical (unpaired) electrons. The average molecular weight is 323 g/mol. The number of hydrogen-bond donors (Lipinski definition) is 1. The highest BCUT2D eigenvalue weighted by Crippen LogP contribution is 2.36. The third-order valence-electron chi connectivity index (χ3n) is 3.98. The van der Waals surface area contributed by atoms with E-state index < -0.39 is 12.1 Å². The van der Waals surface area contributed by atoms with E-state index >= 15 is 0 Å². The quantitative estimate of drug-likeness (QED) is 0.805. The van der Waals surface area contributed by atoms with Crippen molar-refractivity contribution in [1.82, 2.24) is 4.90 Å². The van der Waals surface area contributed by atoms with Crippen LogP contribution in [0.15, 0.2) is 18.2 Å². The highest BCUT2D eigenvalue weighted by Gasteiger charge is 2.26. The fourth-order valence-electron chi connectivity index (χ4n) is 2.69. The van der Waals surface area contributed by atoms with Crippen LogP contribution in [0.5, 0.6) is 11.5 Å². The van der Waals surface area contributed by atoms with Crippen molar-refractivity contribution >= 4 is 5.97 Å². The van der Waals surface area contributed by atoms with Crippen molar-refractivity contribution in [2.24, 2.45) is 0 Å². The van der Waals surface area contributed by atoms with E-state index in [2.05, 4.69) is 11.9 Å². The normalized spacial score (nSPS) is 17.6. The minimum atomic E-state index is -1.38. The van der Waals surface area contributed by atoms with Crippen molar-refractivity contribution in [2.75, 3.05) is 33.9 Å². The molecule has 0 bridgehead atoms. The molecule has 6 heteroatoms. The summed E-state index contributed by atoms with van der Waals surface area (Å²) in [6.45, 7) is 3.88. The van der Waals surface area contributed by atoms with Crippen molar-refractivity contribution in [1.29, 1.82) is 0 Å². The fourth-order valence-corrected chi connectivity index (χ4v) is 2.69. The molecule has 6 nitrogen and oxygen atoms in total. The van der Waals surface area contributed by atoms with Crippen molar-refractivity contribution in [3.05, 3.63) is 23.8 Å². The lowest BCUT2D eigenvalue weighted by atomic mass is 10.1. The van der Waals surface area contributed by atoms with Crippen LogP contribution in [0.3, 0.4) is 0 Å². The Morgan fingerprint density at radius 3 is 2.70 bits per heavy atom. The van der Waals surface area contributed by atoms with E-state index in [1.807, 2.05) is 0 Å². The molecular weight excluding hydrogens is 298 g/mol. The van der Waals surface area contributed by atoms with Gasteiger partial charge in [-0.1, -0.05) is 12.1 Å². The minimum absolute atomic E-state index is 0.107. The second-order valence-electron chi connectivity index (χ2n) is 5.65. The van der Waals surface area contributed by atoms with E-state index in [0.29, 0.717) is 17.1 Å². The molecule has 1 aliphatic heterocycles. The Hall–Kier alpha value is -1.79. The van der Waals surface area contributed by atoms with Crippen LogP contribution in [0.2, 0.25) is 0 Å². The molecule has 1 unspecified atom stereocenters. The topological polar surface area (TPSA) is 68.2 Å². The minimum Gasteiger partial charge on any atom is -0.492 e. The number of rotatable bonds is 6. The molecule has 2 rings (SSSR count). The monoisotopic (exact) mass is 323 g/mol. The average Bonchev–Trinajstić information content (AvgIpc) is 2.56. The van der Waals surface area contributed by atoms with Gasteiger partial charge in [0.05, 0.1) is 13.7 Å². The molecule has 1 aromatic rings. The Morgan fingerprint density at radius 2 is 2.09 bits per heavy atom. The number of likely N-dealkylation sites (tertiary alicyclic amines) is 1. The summed E-state index contributed by atoms with van der Waals surface area (Å²) in [7, 11) is 3.59. The Bertz CT molecular complexity index is 526. The summed E-state index contributed by atoms with van der Waals surface area (Å²) in [6, 6.07) is 5.17. The SMILES string of the molecule is CCOC(=O)C(O)c1cccc(OC2CCN(C)CC2)c1OC. The Kier molecular flexibility index (Phi) is 6.24. The number of hydrogen-bond acceptors (Lipinski definition) is 6. The molecule has 23 heavy (non-hydrogen) atoms. The number of esters is 1. The molecule has 1 saturated heterocycles. The van der Waals surface area contributed by atoms with Crippen molar-refractivity contribution < 1.29 is 24.1 Å². The number of nitrogens with zero attached hydrogens (tertiary/aromatic N) is 1. The molecule has 128 valence electrons. The van der Waals surface area contributed by atoms with Crippen LogP contribution in [0.1, 0.15) is 31.4 Å². The van der Waals surface area contributed by atoms with Gasteiger partial charge >= 0.3 is 5.97 Å². The molecule has 0 spiro atoms. The predicted octanol–water partition coefficient (Wildman–Crippen LogP) is 1.76. The second kappa shape index (κ2) is 8.17. The number of piperidine rings is 1. The lowest BCUT2D eigenvalue weighted by Crippen LogP contribution is -2.35. The molecule has 1 N–H and O–H groups in total. The summed E-state index contributed by atoms with van der Waals surface area (Å²) in [5.74, 6) is 0.233. The van der Waals surface area contributed by atoms with E-state index in [4.69, 9.17) is 14.2 Å². The maximum atomic E-state index is 11.8. The molecule has 1 aromatic carbocycles. The van der Waals surface area contributed by atoms with E-state index in [1.54, 1.807) is 25.1 Å². The van der Waals surface area contributed by atoms with Gasteiger partial charge in [-0.25, -0.2) is 4.79 Å². The summed E-state index contributed by atoms with van der Waals surface area (Å²) in [4.78, 5) is 14.0. The zero-order chi connectivity index (χ0) is 16.8. The zero-order valence-corrected chi connectivity index (χ0v) is 13.9. The van der Waals surface area contributed by atoms with Crippen molar-refractivity contribution in [3.8, 4) is 11.5 Å². The Morgan fingerprint density at radius 1 is 1.39 bits per heavy atom. The van der Waals surface area contributed by atoms with Crippen LogP contribution in [-0.2, 0) is 9.53 Å². The standard InChI is InChI=1S/C17H25NO5/c1-4-22-17(20)15(19)13-6-5-7-14(16(13)21-3)23-12-8-10-18(2)11-9-12/h5-7,12,15,19H,4,8-11H2,1-3H3. The zero-order valence-electron chi connectivity index (χ0n) is 13.9. The first-order chi connectivity index (χ1) is 11.1. The number of carbonyl (C=O) groups is 1. The van der Waals surface area contributed by atoms with E-state index in [9.17, 15) is 9.90 Å². The third-order valence-corrected chi connectivity index (χ3v) is 3.98. The smallest absolute Gasteiger partial charge is 0.339 e. The third kappa shape index (κ3) is 4.36. The largest absolute Gasteiger partial charge is 0.492 e. The molecule has 1 aliphatic rings. The highest BCUT2D eigenvalue weighted by atomic mass is 16.5. The number of aliphatic hydroxyl groups excluding tert-OH is 1. The maximum Gasteiger partial charge on any atom is 0.339 e. The van der Waals surface area contributed by atoms with E-state index in [-0.39, 0.29) is 12.7 Å². The van der Waals surface area contributed by atoms with Crippen molar-refractivity contribution in [3.63, 3.8) is 0 Å². The van der Waals surface area contributed by atoms with Gasteiger partial charge in [-0.2, -0.15) is 0 Å². The summed E-state index contributed by atoms with van der Waals surface area (Å²) in [5.41, 5.74) is 0.358. The van der Waals surface area contributed by atoms with Crippen LogP contribution < -0.4 is 9.47 Å². The molecule has 1 heterocycles. The van der Waals surface area contributed by atoms with Gasteiger partial charge in [-0.3, -0.25) is 0 Å². The van der Waals surface area contributed by atoms with Gasteiger partial charge in [-0.05, 0) is 32.9 Å². The van der Waals surface area contributed by atoms with Gasteiger partial charge < -0.3 is 24.2 Å². The molecule has 1 fully saturated rings. The van der Waals surface area contributed by atoms with E-state index in [0.717, 1.165) is 25.9 Å². The van der Waals surface area contributed by atoms with Gasteiger partial charge in [-0.15, -0.1) is 0 Å². The van der Waals surface area contributed by atoms with Crippen LogP contribution >= 0.6 is 0 Å². The second-order valence-corrected chi connectivity index (χ2v) is 5.65. The number of carbonyl (C=O) groups excluding carboxylic acids is 1. The van der Waals surface area contributed by atoms with Gasteiger partial charge in [0, 0.05) is 18.7 Å².